The molecule has 0 aliphatic rings. The van der Waals surface area contributed by atoms with Gasteiger partial charge in [0.25, 0.3) is 5.91 Å². The monoisotopic (exact) mass is 326 g/mol. The molecule has 2 aromatic rings. The summed E-state index contributed by atoms with van der Waals surface area (Å²) in [5.74, 6) is 0.511. The first kappa shape index (κ1) is 17.5. The van der Waals surface area contributed by atoms with Gasteiger partial charge in [-0.2, -0.15) is 0 Å². The molecule has 0 aliphatic heterocycles. The summed E-state index contributed by atoms with van der Waals surface area (Å²) in [6, 6.07) is 14.1. The number of anilines is 2. The molecule has 2 aromatic carbocycles. The molecule has 0 fully saturated rings. The van der Waals surface area contributed by atoms with E-state index in [1.54, 1.807) is 42.5 Å². The van der Waals surface area contributed by atoms with Gasteiger partial charge >= 0.3 is 0 Å². The van der Waals surface area contributed by atoms with E-state index < -0.39 is 0 Å². The summed E-state index contributed by atoms with van der Waals surface area (Å²) < 4.78 is 5.72. The third-order valence-corrected chi connectivity index (χ3v) is 3.14. The molecule has 0 bridgehead atoms. The molecule has 2 N–H and O–H groups in total. The van der Waals surface area contributed by atoms with Gasteiger partial charge < -0.3 is 15.4 Å². The van der Waals surface area contributed by atoms with Crippen molar-refractivity contribution in [3.05, 3.63) is 54.1 Å². The summed E-state index contributed by atoms with van der Waals surface area (Å²) in [6.07, 6.45) is 0. The van der Waals surface area contributed by atoms with Crippen LogP contribution in [0.5, 0.6) is 5.75 Å². The average Bonchev–Trinajstić information content (AvgIpc) is 2.53. The van der Waals surface area contributed by atoms with Gasteiger partial charge in [0.2, 0.25) is 5.91 Å². The summed E-state index contributed by atoms with van der Waals surface area (Å²) in [5.41, 5.74) is 1.71. The highest BCUT2D eigenvalue weighted by molar-refractivity contribution is 6.06. The van der Waals surface area contributed by atoms with Crippen molar-refractivity contribution in [2.24, 2.45) is 5.92 Å². The number of benzene rings is 2. The molecule has 0 saturated carbocycles. The van der Waals surface area contributed by atoms with E-state index in [9.17, 15) is 9.59 Å². The van der Waals surface area contributed by atoms with Crippen LogP contribution in [0.2, 0.25) is 0 Å². The molecule has 2 rings (SSSR count). The standard InChI is InChI=1S/C19H22N2O3/c1-13(2)12-24-18-10-5-4-9-17(18)19(23)21-16-8-6-7-15(11-16)20-14(3)22/h4-11,13H,12H2,1-3H3,(H,20,22)(H,21,23). The molecule has 24 heavy (non-hydrogen) atoms. The van der Waals surface area contributed by atoms with E-state index in [4.69, 9.17) is 4.74 Å². The van der Waals surface area contributed by atoms with Gasteiger partial charge in [0.15, 0.2) is 0 Å². The molecule has 2 amide bonds. The van der Waals surface area contributed by atoms with Gasteiger partial charge in [0.05, 0.1) is 12.2 Å². The van der Waals surface area contributed by atoms with Crippen LogP contribution in [0.3, 0.4) is 0 Å². The number of para-hydroxylation sites is 1. The first-order valence-electron chi connectivity index (χ1n) is 7.86. The average molecular weight is 326 g/mol. The summed E-state index contributed by atoms with van der Waals surface area (Å²) in [5, 5.41) is 5.52. The Labute approximate surface area is 142 Å². The van der Waals surface area contributed by atoms with Gasteiger partial charge in [-0.25, -0.2) is 0 Å². The SMILES string of the molecule is CC(=O)Nc1cccc(NC(=O)c2ccccc2OCC(C)C)c1. The van der Waals surface area contributed by atoms with Gasteiger partial charge in [-0.15, -0.1) is 0 Å². The summed E-state index contributed by atoms with van der Waals surface area (Å²) in [4.78, 5) is 23.7. The number of rotatable bonds is 6. The fourth-order valence-corrected chi connectivity index (χ4v) is 2.11. The highest BCUT2D eigenvalue weighted by atomic mass is 16.5. The Balaban J connectivity index is 2.14. The highest BCUT2D eigenvalue weighted by Crippen LogP contribution is 2.21. The second kappa shape index (κ2) is 8.15. The number of hydrogen-bond donors (Lipinski definition) is 2. The lowest BCUT2D eigenvalue weighted by Crippen LogP contribution is -2.15. The Morgan fingerprint density at radius 2 is 1.67 bits per heavy atom. The predicted octanol–water partition coefficient (Wildman–Crippen LogP) is 3.93. The van der Waals surface area contributed by atoms with Crippen molar-refractivity contribution in [1.82, 2.24) is 0 Å². The van der Waals surface area contributed by atoms with Crippen LogP contribution >= 0.6 is 0 Å². The topological polar surface area (TPSA) is 67.4 Å². The quantitative estimate of drug-likeness (QED) is 0.845. The molecule has 0 unspecified atom stereocenters. The number of hydrogen-bond acceptors (Lipinski definition) is 3. The Morgan fingerprint density at radius 3 is 2.33 bits per heavy atom. The fourth-order valence-electron chi connectivity index (χ4n) is 2.11. The molecule has 0 heterocycles. The van der Waals surface area contributed by atoms with Crippen LogP contribution < -0.4 is 15.4 Å². The van der Waals surface area contributed by atoms with Crippen molar-refractivity contribution in [1.29, 1.82) is 0 Å². The molecule has 126 valence electrons. The summed E-state index contributed by atoms with van der Waals surface area (Å²) in [6.45, 7) is 6.09. The normalized spacial score (nSPS) is 10.3. The maximum Gasteiger partial charge on any atom is 0.259 e. The van der Waals surface area contributed by atoms with E-state index in [1.807, 2.05) is 6.07 Å². The molecule has 5 heteroatoms. The van der Waals surface area contributed by atoms with Gasteiger partial charge in [-0.05, 0) is 36.2 Å². The molecule has 0 radical (unpaired) electrons. The van der Waals surface area contributed by atoms with E-state index >= 15 is 0 Å². The van der Waals surface area contributed by atoms with Gasteiger partial charge in [0.1, 0.15) is 5.75 Å². The van der Waals surface area contributed by atoms with Crippen molar-refractivity contribution in [3.63, 3.8) is 0 Å². The van der Waals surface area contributed by atoms with E-state index in [0.717, 1.165) is 0 Å². The van der Waals surface area contributed by atoms with Crippen LogP contribution in [0.4, 0.5) is 11.4 Å². The zero-order chi connectivity index (χ0) is 17.5. The second-order valence-electron chi connectivity index (χ2n) is 5.92. The third kappa shape index (κ3) is 5.12. The minimum Gasteiger partial charge on any atom is -0.492 e. The van der Waals surface area contributed by atoms with Crippen LogP contribution in [0, 0.1) is 5.92 Å². The van der Waals surface area contributed by atoms with Crippen molar-refractivity contribution in [2.75, 3.05) is 17.2 Å². The lowest BCUT2D eigenvalue weighted by atomic mass is 10.1. The number of carbonyl (C=O) groups excluding carboxylic acids is 2. The van der Waals surface area contributed by atoms with Gasteiger partial charge in [-0.3, -0.25) is 9.59 Å². The van der Waals surface area contributed by atoms with Gasteiger partial charge in [-0.1, -0.05) is 32.0 Å². The first-order chi connectivity index (χ1) is 11.5. The smallest absolute Gasteiger partial charge is 0.259 e. The maximum atomic E-state index is 12.5. The number of nitrogens with one attached hydrogen (secondary N) is 2. The minimum absolute atomic E-state index is 0.161. The van der Waals surface area contributed by atoms with Crippen LogP contribution in [0.15, 0.2) is 48.5 Å². The maximum absolute atomic E-state index is 12.5. The van der Waals surface area contributed by atoms with Crippen molar-refractivity contribution >= 4 is 23.2 Å². The van der Waals surface area contributed by atoms with Crippen LogP contribution in [-0.4, -0.2) is 18.4 Å². The molecule has 0 aromatic heterocycles. The number of amides is 2. The predicted molar refractivity (Wildman–Crippen MR) is 95.5 cm³/mol. The zero-order valence-corrected chi connectivity index (χ0v) is 14.1. The highest BCUT2D eigenvalue weighted by Gasteiger charge is 2.13. The third-order valence-electron chi connectivity index (χ3n) is 3.14. The van der Waals surface area contributed by atoms with Crippen LogP contribution in [0.25, 0.3) is 0 Å². The van der Waals surface area contributed by atoms with Crippen molar-refractivity contribution < 1.29 is 14.3 Å². The number of carbonyl (C=O) groups is 2. The van der Waals surface area contributed by atoms with Gasteiger partial charge in [0, 0.05) is 18.3 Å². The molecule has 0 aliphatic carbocycles. The molecule has 0 atom stereocenters. The molecular formula is C19H22N2O3. The van der Waals surface area contributed by atoms with E-state index in [-0.39, 0.29) is 11.8 Å². The molecule has 0 saturated heterocycles. The lowest BCUT2D eigenvalue weighted by molar-refractivity contribution is -0.114. The fraction of sp³-hybridized carbons (Fsp3) is 0.263. The Hall–Kier alpha value is -2.82. The molecule has 0 spiro atoms. The lowest BCUT2D eigenvalue weighted by Gasteiger charge is -2.13. The Kier molecular flexibility index (Phi) is 5.95. The number of ether oxygens (including phenoxy) is 1. The van der Waals surface area contributed by atoms with Crippen LogP contribution in [0.1, 0.15) is 31.1 Å². The molecule has 5 nitrogen and oxygen atoms in total. The largest absolute Gasteiger partial charge is 0.492 e. The summed E-state index contributed by atoms with van der Waals surface area (Å²) in [7, 11) is 0. The van der Waals surface area contributed by atoms with E-state index in [2.05, 4.69) is 24.5 Å². The Bertz CT molecular complexity index is 726. The van der Waals surface area contributed by atoms with E-state index in [1.165, 1.54) is 6.92 Å². The van der Waals surface area contributed by atoms with Crippen molar-refractivity contribution in [2.45, 2.75) is 20.8 Å². The Morgan fingerprint density at radius 1 is 1.00 bits per heavy atom. The first-order valence-corrected chi connectivity index (χ1v) is 7.86. The van der Waals surface area contributed by atoms with Crippen LogP contribution in [-0.2, 0) is 4.79 Å². The van der Waals surface area contributed by atoms with Crippen molar-refractivity contribution in [3.8, 4) is 5.75 Å². The second-order valence-corrected chi connectivity index (χ2v) is 5.92. The van der Waals surface area contributed by atoms with E-state index in [0.29, 0.717) is 35.2 Å². The molecular weight excluding hydrogens is 304 g/mol. The summed E-state index contributed by atoms with van der Waals surface area (Å²) >= 11 is 0. The zero-order valence-electron chi connectivity index (χ0n) is 14.1. The minimum atomic E-state index is -0.255.